The zero-order valence-corrected chi connectivity index (χ0v) is 9.19. The van der Waals surface area contributed by atoms with Crippen LogP contribution in [0.3, 0.4) is 0 Å². The normalized spacial score (nSPS) is 20.4. The molecule has 0 aromatic heterocycles. The van der Waals surface area contributed by atoms with Gasteiger partial charge >= 0.3 is 6.18 Å². The van der Waals surface area contributed by atoms with E-state index in [9.17, 15) is 13.2 Å². The topological polar surface area (TPSA) is 35.8 Å². The van der Waals surface area contributed by atoms with E-state index in [1.54, 1.807) is 0 Å². The molecule has 0 saturated carbocycles. The first kappa shape index (κ1) is 13.3. The Hall–Kier alpha value is -0.760. The second kappa shape index (κ2) is 6.09. The molecule has 2 nitrogen and oxygen atoms in total. The number of piperidine rings is 1. The number of alkyl halides is 3. The van der Waals surface area contributed by atoms with Gasteiger partial charge in [-0.2, -0.15) is 18.4 Å². The molecular weight excluding hydrogens is 217 g/mol. The van der Waals surface area contributed by atoms with E-state index in [1.165, 1.54) is 0 Å². The molecule has 0 bridgehead atoms. The summed E-state index contributed by atoms with van der Waals surface area (Å²) in [6.45, 7) is 1.75. The third-order valence-corrected chi connectivity index (χ3v) is 3.09. The molecule has 1 unspecified atom stereocenters. The monoisotopic (exact) mass is 234 g/mol. The summed E-state index contributed by atoms with van der Waals surface area (Å²) in [5.41, 5.74) is 0. The summed E-state index contributed by atoms with van der Waals surface area (Å²) in [6, 6.07) is 2.16. The van der Waals surface area contributed by atoms with Crippen molar-refractivity contribution in [3.05, 3.63) is 0 Å². The Morgan fingerprint density at radius 1 is 1.31 bits per heavy atom. The van der Waals surface area contributed by atoms with Crippen molar-refractivity contribution < 1.29 is 13.2 Å². The first-order chi connectivity index (χ1) is 7.53. The molecule has 1 aliphatic heterocycles. The quantitative estimate of drug-likeness (QED) is 0.811. The maximum absolute atomic E-state index is 12.0. The lowest BCUT2D eigenvalue weighted by atomic mass is 9.83. The van der Waals surface area contributed by atoms with Gasteiger partial charge < -0.3 is 5.32 Å². The number of nitriles is 1. The second-order valence-corrected chi connectivity index (χ2v) is 4.33. The maximum Gasteiger partial charge on any atom is 0.389 e. The Morgan fingerprint density at radius 2 is 1.94 bits per heavy atom. The summed E-state index contributed by atoms with van der Waals surface area (Å²) in [5.74, 6) is 0.0731. The average molecular weight is 234 g/mol. The van der Waals surface area contributed by atoms with Crippen LogP contribution in [0, 0.1) is 23.2 Å². The van der Waals surface area contributed by atoms with Crippen LogP contribution in [0.1, 0.15) is 32.1 Å². The van der Waals surface area contributed by atoms with Crippen molar-refractivity contribution >= 4 is 0 Å². The van der Waals surface area contributed by atoms with Gasteiger partial charge in [0.05, 0.1) is 6.07 Å². The Labute approximate surface area is 93.8 Å². The Morgan fingerprint density at radius 3 is 2.44 bits per heavy atom. The first-order valence-corrected chi connectivity index (χ1v) is 5.70. The zero-order valence-electron chi connectivity index (χ0n) is 9.19. The summed E-state index contributed by atoms with van der Waals surface area (Å²) in [6.07, 6.45) is -2.59. The summed E-state index contributed by atoms with van der Waals surface area (Å²) in [4.78, 5) is 0. The summed E-state index contributed by atoms with van der Waals surface area (Å²) >= 11 is 0. The lowest BCUT2D eigenvalue weighted by Gasteiger charge is -2.26. The lowest BCUT2D eigenvalue weighted by Crippen LogP contribution is -2.31. The number of nitrogens with zero attached hydrogens (tertiary/aromatic N) is 1. The molecule has 0 spiro atoms. The van der Waals surface area contributed by atoms with E-state index < -0.39 is 12.6 Å². The molecule has 1 saturated heterocycles. The minimum Gasteiger partial charge on any atom is -0.317 e. The molecule has 1 fully saturated rings. The Balaban J connectivity index is 2.29. The van der Waals surface area contributed by atoms with Crippen LogP contribution in [0.2, 0.25) is 0 Å². The van der Waals surface area contributed by atoms with Crippen LogP contribution in [0.15, 0.2) is 0 Å². The molecular formula is C11H17F3N2. The van der Waals surface area contributed by atoms with E-state index in [-0.39, 0.29) is 18.3 Å². The van der Waals surface area contributed by atoms with Crippen LogP contribution in [-0.4, -0.2) is 19.3 Å². The number of rotatable bonds is 4. The largest absolute Gasteiger partial charge is 0.389 e. The number of nitrogens with one attached hydrogen (secondary N) is 1. The van der Waals surface area contributed by atoms with E-state index in [4.69, 9.17) is 5.26 Å². The van der Waals surface area contributed by atoms with Crippen molar-refractivity contribution in [2.45, 2.75) is 38.3 Å². The van der Waals surface area contributed by atoms with Gasteiger partial charge in [-0.15, -0.1) is 0 Å². The molecule has 5 heteroatoms. The van der Waals surface area contributed by atoms with Gasteiger partial charge in [0.15, 0.2) is 0 Å². The van der Waals surface area contributed by atoms with Gasteiger partial charge in [0, 0.05) is 12.3 Å². The third-order valence-electron chi connectivity index (χ3n) is 3.09. The van der Waals surface area contributed by atoms with Crippen molar-refractivity contribution in [1.29, 1.82) is 5.26 Å². The minimum atomic E-state index is -4.09. The first-order valence-electron chi connectivity index (χ1n) is 5.70. The number of halogens is 3. The fourth-order valence-electron chi connectivity index (χ4n) is 2.17. The van der Waals surface area contributed by atoms with Crippen LogP contribution >= 0.6 is 0 Å². The van der Waals surface area contributed by atoms with E-state index in [0.717, 1.165) is 25.9 Å². The van der Waals surface area contributed by atoms with Gasteiger partial charge in [0.25, 0.3) is 0 Å². The highest BCUT2D eigenvalue weighted by atomic mass is 19.4. The standard InChI is InChI=1S/C11H17F3N2/c12-11(13,14)5-1-2-10(8-15)9-3-6-16-7-4-9/h9-10,16H,1-7H2. The highest BCUT2D eigenvalue weighted by Gasteiger charge is 2.28. The van der Waals surface area contributed by atoms with Crippen LogP contribution in [0.4, 0.5) is 13.2 Å². The summed E-state index contributed by atoms with van der Waals surface area (Å²) in [7, 11) is 0. The molecule has 92 valence electrons. The van der Waals surface area contributed by atoms with Crippen molar-refractivity contribution in [1.82, 2.24) is 5.32 Å². The smallest absolute Gasteiger partial charge is 0.317 e. The molecule has 1 aliphatic rings. The summed E-state index contributed by atoms with van der Waals surface area (Å²) < 4.78 is 35.9. The molecule has 1 atom stereocenters. The van der Waals surface area contributed by atoms with Crippen LogP contribution in [-0.2, 0) is 0 Å². The van der Waals surface area contributed by atoms with Crippen LogP contribution in [0.5, 0.6) is 0 Å². The fraction of sp³-hybridized carbons (Fsp3) is 0.909. The molecule has 1 N–H and O–H groups in total. The molecule has 1 heterocycles. The molecule has 1 rings (SSSR count). The fourth-order valence-corrected chi connectivity index (χ4v) is 2.17. The Kier molecular flexibility index (Phi) is 5.07. The van der Waals surface area contributed by atoms with Crippen molar-refractivity contribution in [3.63, 3.8) is 0 Å². The maximum atomic E-state index is 12.0. The molecule has 0 aromatic rings. The highest BCUT2D eigenvalue weighted by molar-refractivity contribution is 4.90. The van der Waals surface area contributed by atoms with E-state index in [2.05, 4.69) is 11.4 Å². The van der Waals surface area contributed by atoms with Gasteiger partial charge in [-0.25, -0.2) is 0 Å². The van der Waals surface area contributed by atoms with Crippen LogP contribution in [0.25, 0.3) is 0 Å². The SMILES string of the molecule is N#CC(CCCC(F)(F)F)C1CCNCC1. The molecule has 0 aromatic carbocycles. The Bertz CT molecular complexity index is 239. The van der Waals surface area contributed by atoms with Gasteiger partial charge in [0.2, 0.25) is 0 Å². The third kappa shape index (κ3) is 4.84. The van der Waals surface area contributed by atoms with E-state index in [0.29, 0.717) is 6.42 Å². The lowest BCUT2D eigenvalue weighted by molar-refractivity contribution is -0.136. The van der Waals surface area contributed by atoms with Gasteiger partial charge in [-0.05, 0) is 44.7 Å². The van der Waals surface area contributed by atoms with Crippen LogP contribution < -0.4 is 5.32 Å². The van der Waals surface area contributed by atoms with E-state index in [1.807, 2.05) is 0 Å². The van der Waals surface area contributed by atoms with Crippen molar-refractivity contribution in [3.8, 4) is 6.07 Å². The number of hydrogen-bond acceptors (Lipinski definition) is 2. The predicted octanol–water partition coefficient (Wildman–Crippen LogP) is 2.86. The predicted molar refractivity (Wildman–Crippen MR) is 54.6 cm³/mol. The summed E-state index contributed by atoms with van der Waals surface area (Å²) in [5, 5.41) is 12.1. The van der Waals surface area contributed by atoms with Crippen molar-refractivity contribution in [2.24, 2.45) is 11.8 Å². The highest BCUT2D eigenvalue weighted by Crippen LogP contribution is 2.29. The average Bonchev–Trinajstić information content (AvgIpc) is 2.24. The van der Waals surface area contributed by atoms with Gasteiger partial charge in [0.1, 0.15) is 0 Å². The van der Waals surface area contributed by atoms with E-state index >= 15 is 0 Å². The van der Waals surface area contributed by atoms with Gasteiger partial charge in [-0.1, -0.05) is 0 Å². The van der Waals surface area contributed by atoms with Gasteiger partial charge in [-0.3, -0.25) is 0 Å². The molecule has 16 heavy (non-hydrogen) atoms. The van der Waals surface area contributed by atoms with Crippen molar-refractivity contribution in [2.75, 3.05) is 13.1 Å². The number of hydrogen-bond donors (Lipinski definition) is 1. The molecule has 0 aliphatic carbocycles. The second-order valence-electron chi connectivity index (χ2n) is 4.33. The molecule has 0 radical (unpaired) electrons. The molecule has 0 amide bonds. The minimum absolute atomic E-state index is 0.0751. The zero-order chi connectivity index (χ0) is 12.0.